The average Bonchev–Trinajstić information content (AvgIpc) is 3.08. The topological polar surface area (TPSA) is 127 Å². The Labute approximate surface area is 194 Å². The third kappa shape index (κ3) is 4.86. The maximum Gasteiger partial charge on any atom is 0.279 e. The Morgan fingerprint density at radius 2 is 1.70 bits per heavy atom. The molecule has 4 aromatic rings. The predicted molar refractivity (Wildman–Crippen MR) is 123 cm³/mol. The van der Waals surface area contributed by atoms with Crippen molar-refractivity contribution in [2.75, 3.05) is 4.72 Å². The second-order valence-corrected chi connectivity index (χ2v) is 9.29. The highest BCUT2D eigenvalue weighted by Gasteiger charge is 2.19. The summed E-state index contributed by atoms with van der Waals surface area (Å²) in [5.41, 5.74) is 1.51. The minimum Gasteiger partial charge on any atom is -0.292 e. The monoisotopic (exact) mass is 483 g/mol. The number of halogens is 1. The maximum absolute atomic E-state index is 12.9. The molecule has 2 heterocycles. The van der Waals surface area contributed by atoms with Crippen LogP contribution in [0.4, 0.5) is 5.95 Å². The van der Waals surface area contributed by atoms with E-state index in [1.54, 1.807) is 49.4 Å². The fourth-order valence-corrected chi connectivity index (χ4v) is 4.26. The van der Waals surface area contributed by atoms with E-state index in [1.165, 1.54) is 24.5 Å². The Hall–Kier alpha value is -3.76. The number of aromatic nitrogens is 4. The number of nitrogens with one attached hydrogen (secondary N) is 2. The van der Waals surface area contributed by atoms with Gasteiger partial charge in [0, 0.05) is 40.7 Å². The number of benzene rings is 2. The van der Waals surface area contributed by atoms with Crippen molar-refractivity contribution in [3.05, 3.63) is 105 Å². The van der Waals surface area contributed by atoms with E-state index in [4.69, 9.17) is 11.6 Å². The van der Waals surface area contributed by atoms with E-state index < -0.39 is 21.5 Å². The molecule has 0 saturated heterocycles. The van der Waals surface area contributed by atoms with Crippen LogP contribution in [0, 0.1) is 6.92 Å². The summed E-state index contributed by atoms with van der Waals surface area (Å²) in [6, 6.07) is 13.9. The van der Waals surface area contributed by atoms with Gasteiger partial charge in [-0.15, -0.1) is 0 Å². The molecule has 9 nitrogen and oxygen atoms in total. The lowest BCUT2D eigenvalue weighted by Crippen LogP contribution is -2.26. The summed E-state index contributed by atoms with van der Waals surface area (Å²) in [6.07, 6.45) is 3.08. The maximum atomic E-state index is 12.9. The van der Waals surface area contributed by atoms with E-state index in [-0.39, 0.29) is 17.3 Å². The van der Waals surface area contributed by atoms with Crippen LogP contribution < -0.4 is 10.3 Å². The van der Waals surface area contributed by atoms with Crippen molar-refractivity contribution in [2.45, 2.75) is 18.2 Å². The summed E-state index contributed by atoms with van der Waals surface area (Å²) >= 11 is 5.86. The number of hydrogen-bond acceptors (Lipinski definition) is 6. The number of sulfonamides is 1. The van der Waals surface area contributed by atoms with Crippen molar-refractivity contribution in [1.82, 2.24) is 19.7 Å². The van der Waals surface area contributed by atoms with Crippen LogP contribution in [0.3, 0.4) is 0 Å². The molecular formula is C22H18ClN5O4S. The Morgan fingerprint density at radius 1 is 1.06 bits per heavy atom. The van der Waals surface area contributed by atoms with Crippen LogP contribution in [-0.4, -0.2) is 34.1 Å². The van der Waals surface area contributed by atoms with E-state index >= 15 is 0 Å². The summed E-state index contributed by atoms with van der Waals surface area (Å²) in [4.78, 5) is 33.3. The summed E-state index contributed by atoms with van der Waals surface area (Å²) in [7, 11) is -3.86. The average molecular weight is 484 g/mol. The first-order valence-corrected chi connectivity index (χ1v) is 11.6. The summed E-state index contributed by atoms with van der Waals surface area (Å²) in [5, 5.41) is 3.30. The van der Waals surface area contributed by atoms with Crippen LogP contribution in [0.15, 0.2) is 76.7 Å². The number of rotatable bonds is 6. The van der Waals surface area contributed by atoms with Gasteiger partial charge in [0.15, 0.2) is 0 Å². The zero-order chi connectivity index (χ0) is 23.6. The first-order valence-electron chi connectivity index (χ1n) is 9.74. The molecule has 0 amide bonds. The lowest BCUT2D eigenvalue weighted by molar-refractivity contribution is 0.0941. The highest BCUT2D eigenvalue weighted by Crippen LogP contribution is 2.17. The zero-order valence-electron chi connectivity index (χ0n) is 17.3. The van der Waals surface area contributed by atoms with Crippen LogP contribution in [0.2, 0.25) is 5.02 Å². The van der Waals surface area contributed by atoms with Crippen LogP contribution in [-0.2, 0) is 16.4 Å². The van der Waals surface area contributed by atoms with Gasteiger partial charge >= 0.3 is 0 Å². The molecule has 0 spiro atoms. The minimum atomic E-state index is -3.86. The highest BCUT2D eigenvalue weighted by molar-refractivity contribution is 7.92. The largest absolute Gasteiger partial charge is 0.292 e. The Bertz CT molecular complexity index is 1460. The van der Waals surface area contributed by atoms with Gasteiger partial charge in [0.2, 0.25) is 5.95 Å². The molecule has 11 heteroatoms. The fraction of sp³-hybridized carbons (Fsp3) is 0.0909. The minimum absolute atomic E-state index is 0.0276. The number of aryl methyl sites for hydroxylation is 1. The van der Waals surface area contributed by atoms with Crippen LogP contribution in [0.1, 0.15) is 27.2 Å². The van der Waals surface area contributed by atoms with Gasteiger partial charge in [-0.2, -0.15) is 4.68 Å². The summed E-state index contributed by atoms with van der Waals surface area (Å²) in [6.45, 7) is 1.70. The molecule has 0 unspecified atom stereocenters. The van der Waals surface area contributed by atoms with Crippen molar-refractivity contribution < 1.29 is 13.2 Å². The number of hydrogen-bond donors (Lipinski definition) is 2. The van der Waals surface area contributed by atoms with Gasteiger partial charge in [0.05, 0.1) is 4.90 Å². The number of carbonyl (C=O) groups is 1. The van der Waals surface area contributed by atoms with Crippen LogP contribution in [0.25, 0.3) is 0 Å². The molecule has 0 atom stereocenters. The molecule has 0 radical (unpaired) electrons. The molecule has 4 rings (SSSR count). The van der Waals surface area contributed by atoms with Gasteiger partial charge in [-0.1, -0.05) is 23.7 Å². The van der Waals surface area contributed by atoms with E-state index in [9.17, 15) is 18.0 Å². The SMILES string of the molecule is Cc1[nH]n(C(=O)c2ccc(Cl)cc2)c(=O)c1Cc1ccc(S(=O)(=O)Nc2ncccn2)cc1. The normalized spacial score (nSPS) is 11.3. The van der Waals surface area contributed by atoms with E-state index in [0.29, 0.717) is 27.4 Å². The van der Waals surface area contributed by atoms with Gasteiger partial charge in [-0.25, -0.2) is 23.1 Å². The quantitative estimate of drug-likeness (QED) is 0.434. The summed E-state index contributed by atoms with van der Waals surface area (Å²) < 4.78 is 28.3. The first kappa shape index (κ1) is 22.4. The number of carbonyl (C=O) groups excluding carboxylic acids is 1. The van der Waals surface area contributed by atoms with Gasteiger partial charge in [0.25, 0.3) is 21.5 Å². The molecule has 0 aliphatic carbocycles. The number of anilines is 1. The third-order valence-corrected chi connectivity index (χ3v) is 6.49. The van der Waals surface area contributed by atoms with Crippen LogP contribution >= 0.6 is 11.6 Å². The lowest BCUT2D eigenvalue weighted by atomic mass is 10.1. The molecule has 0 fully saturated rings. The molecule has 0 saturated carbocycles. The highest BCUT2D eigenvalue weighted by atomic mass is 35.5. The van der Waals surface area contributed by atoms with Crippen molar-refractivity contribution in [2.24, 2.45) is 0 Å². The summed E-state index contributed by atoms with van der Waals surface area (Å²) in [5.74, 6) is -0.530. The smallest absolute Gasteiger partial charge is 0.279 e. The van der Waals surface area contributed by atoms with E-state index in [1.807, 2.05) is 0 Å². The number of aromatic amines is 1. The Morgan fingerprint density at radius 3 is 2.33 bits per heavy atom. The number of H-pyrrole nitrogens is 1. The molecular weight excluding hydrogens is 466 g/mol. The number of nitrogens with zero attached hydrogens (tertiary/aromatic N) is 3. The molecule has 0 aliphatic rings. The second-order valence-electron chi connectivity index (χ2n) is 7.17. The Kier molecular flexibility index (Phi) is 6.12. The third-order valence-electron chi connectivity index (χ3n) is 4.89. The van der Waals surface area contributed by atoms with Gasteiger partial charge in [0.1, 0.15) is 0 Å². The molecule has 2 N–H and O–H groups in total. The van der Waals surface area contributed by atoms with Gasteiger partial charge < -0.3 is 0 Å². The molecule has 0 aliphatic heterocycles. The van der Waals surface area contributed by atoms with Gasteiger partial charge in [-0.3, -0.25) is 14.7 Å². The van der Waals surface area contributed by atoms with E-state index in [2.05, 4.69) is 19.8 Å². The molecule has 168 valence electrons. The van der Waals surface area contributed by atoms with Crippen LogP contribution in [0.5, 0.6) is 0 Å². The fourth-order valence-electron chi connectivity index (χ4n) is 3.18. The van der Waals surface area contributed by atoms with Crippen molar-refractivity contribution in [3.8, 4) is 0 Å². The second kappa shape index (κ2) is 9.00. The first-order chi connectivity index (χ1) is 15.7. The van der Waals surface area contributed by atoms with Crippen molar-refractivity contribution >= 4 is 33.5 Å². The van der Waals surface area contributed by atoms with Crippen molar-refractivity contribution in [1.29, 1.82) is 0 Å². The predicted octanol–water partition coefficient (Wildman–Crippen LogP) is 3.01. The van der Waals surface area contributed by atoms with Crippen molar-refractivity contribution in [3.63, 3.8) is 0 Å². The van der Waals surface area contributed by atoms with Gasteiger partial charge in [-0.05, 0) is 55.0 Å². The molecule has 2 aromatic heterocycles. The molecule has 2 aromatic carbocycles. The molecule has 33 heavy (non-hydrogen) atoms. The Balaban J connectivity index is 1.54. The lowest BCUT2D eigenvalue weighted by Gasteiger charge is -2.07. The standard InChI is InChI=1S/C22H18ClN5O4S/c1-14-19(21(30)28(26-14)20(29)16-5-7-17(23)8-6-16)13-15-3-9-18(10-4-15)33(31,32)27-22-24-11-2-12-25-22/h2-12,26H,13H2,1H3,(H,24,25,27). The zero-order valence-corrected chi connectivity index (χ0v) is 18.9. The van der Waals surface area contributed by atoms with E-state index in [0.717, 1.165) is 4.68 Å². The molecule has 0 bridgehead atoms.